The summed E-state index contributed by atoms with van der Waals surface area (Å²) in [5.74, 6) is -0.962. The minimum Gasteiger partial charge on any atom is -0.479 e. The Morgan fingerprint density at radius 1 is 1.38 bits per heavy atom. The van der Waals surface area contributed by atoms with Gasteiger partial charge in [0.25, 0.3) is 0 Å². The number of aliphatic carboxylic acids is 1. The molecule has 0 aromatic heterocycles. The van der Waals surface area contributed by atoms with Gasteiger partial charge < -0.3 is 14.7 Å². The number of amides is 1. The maximum atomic E-state index is 12.8. The molecule has 1 aliphatic heterocycles. The Labute approximate surface area is 123 Å². The molecular weight excluding hydrogens is 270 g/mol. The van der Waals surface area contributed by atoms with Gasteiger partial charge in [-0.2, -0.15) is 0 Å². The van der Waals surface area contributed by atoms with Gasteiger partial charge >= 0.3 is 5.97 Å². The molecule has 21 heavy (non-hydrogen) atoms. The van der Waals surface area contributed by atoms with Crippen molar-refractivity contribution in [2.24, 2.45) is 0 Å². The number of aryl methyl sites for hydroxylation is 1. The molecule has 1 N–H and O–H groups in total. The number of benzene rings is 1. The van der Waals surface area contributed by atoms with Gasteiger partial charge in [-0.1, -0.05) is 29.8 Å². The van der Waals surface area contributed by atoms with Crippen molar-refractivity contribution in [3.05, 3.63) is 35.4 Å². The number of morpholine rings is 1. The largest absolute Gasteiger partial charge is 0.479 e. The highest BCUT2D eigenvalue weighted by Gasteiger charge is 2.53. The normalized spacial score (nSPS) is 23.7. The molecule has 1 amide bonds. The van der Waals surface area contributed by atoms with Gasteiger partial charge in [-0.25, -0.2) is 4.79 Å². The van der Waals surface area contributed by atoms with Crippen LogP contribution < -0.4 is 0 Å². The predicted molar refractivity (Wildman–Crippen MR) is 76.0 cm³/mol. The summed E-state index contributed by atoms with van der Waals surface area (Å²) >= 11 is 0. The van der Waals surface area contributed by atoms with Crippen molar-refractivity contribution in [2.45, 2.75) is 31.3 Å². The van der Waals surface area contributed by atoms with Gasteiger partial charge in [0, 0.05) is 6.54 Å². The summed E-state index contributed by atoms with van der Waals surface area (Å²) in [6.45, 7) is 2.91. The minimum atomic E-state index is -1.01. The van der Waals surface area contributed by atoms with Crippen molar-refractivity contribution in [3.63, 3.8) is 0 Å². The van der Waals surface area contributed by atoms with E-state index < -0.39 is 17.5 Å². The highest BCUT2D eigenvalue weighted by atomic mass is 16.5. The molecule has 5 nitrogen and oxygen atoms in total. The molecule has 5 heteroatoms. The van der Waals surface area contributed by atoms with Crippen molar-refractivity contribution in [1.29, 1.82) is 0 Å². The zero-order chi connectivity index (χ0) is 15.0. The molecule has 2 aliphatic rings. The maximum Gasteiger partial charge on any atom is 0.334 e. The zero-order valence-electron chi connectivity index (χ0n) is 12.0. The van der Waals surface area contributed by atoms with E-state index in [2.05, 4.69) is 6.07 Å². The number of carboxylic acid groups (broad SMARTS) is 1. The first-order valence-corrected chi connectivity index (χ1v) is 7.24. The molecule has 1 aromatic carbocycles. The van der Waals surface area contributed by atoms with E-state index in [4.69, 9.17) is 9.84 Å². The van der Waals surface area contributed by atoms with Gasteiger partial charge in [-0.05, 0) is 25.3 Å². The molecule has 1 saturated heterocycles. The Morgan fingerprint density at radius 2 is 2.14 bits per heavy atom. The van der Waals surface area contributed by atoms with Crippen LogP contribution in [0, 0.1) is 6.92 Å². The number of hydrogen-bond donors (Lipinski definition) is 1. The number of carboxylic acids is 1. The van der Waals surface area contributed by atoms with Crippen molar-refractivity contribution in [1.82, 2.24) is 4.90 Å². The Hall–Kier alpha value is -1.88. The SMILES string of the molecule is Cc1cccc(C2(C(=O)N3CCOC(C(=O)O)C3)CC2)c1. The molecule has 112 valence electrons. The molecule has 1 unspecified atom stereocenters. The fourth-order valence-corrected chi connectivity index (χ4v) is 2.98. The van der Waals surface area contributed by atoms with E-state index in [0.717, 1.165) is 24.0 Å². The van der Waals surface area contributed by atoms with Crippen molar-refractivity contribution in [3.8, 4) is 0 Å². The summed E-state index contributed by atoms with van der Waals surface area (Å²) in [5, 5.41) is 9.05. The molecule has 1 heterocycles. The molecule has 0 bridgehead atoms. The summed E-state index contributed by atoms with van der Waals surface area (Å²) in [6, 6.07) is 8.03. The van der Waals surface area contributed by atoms with Crippen LogP contribution in [-0.2, 0) is 19.7 Å². The third kappa shape index (κ3) is 2.53. The second-order valence-electron chi connectivity index (χ2n) is 5.90. The fraction of sp³-hybridized carbons (Fsp3) is 0.500. The Kier molecular flexibility index (Phi) is 3.45. The van der Waals surface area contributed by atoms with Crippen LogP contribution in [0.2, 0.25) is 0 Å². The van der Waals surface area contributed by atoms with Crippen molar-refractivity contribution >= 4 is 11.9 Å². The smallest absolute Gasteiger partial charge is 0.334 e. The lowest BCUT2D eigenvalue weighted by molar-refractivity contribution is -0.160. The van der Waals surface area contributed by atoms with Crippen LogP contribution in [0.1, 0.15) is 24.0 Å². The molecule has 1 aromatic rings. The highest BCUT2D eigenvalue weighted by molar-refractivity contribution is 5.92. The number of ether oxygens (including phenoxy) is 1. The average molecular weight is 289 g/mol. The lowest BCUT2D eigenvalue weighted by Crippen LogP contribution is -2.51. The van der Waals surface area contributed by atoms with Crippen LogP contribution >= 0.6 is 0 Å². The van der Waals surface area contributed by atoms with E-state index in [1.54, 1.807) is 4.90 Å². The summed E-state index contributed by atoms with van der Waals surface area (Å²) in [4.78, 5) is 25.5. The van der Waals surface area contributed by atoms with E-state index in [1.165, 1.54) is 0 Å². The third-order valence-corrected chi connectivity index (χ3v) is 4.36. The Balaban J connectivity index is 1.80. The molecule has 1 atom stereocenters. The second kappa shape index (κ2) is 5.15. The number of hydrogen-bond acceptors (Lipinski definition) is 3. The first-order valence-electron chi connectivity index (χ1n) is 7.24. The van der Waals surface area contributed by atoms with E-state index in [9.17, 15) is 9.59 Å². The third-order valence-electron chi connectivity index (χ3n) is 4.36. The molecular formula is C16H19NO4. The first-order chi connectivity index (χ1) is 10.0. The first kappa shape index (κ1) is 14.1. The second-order valence-corrected chi connectivity index (χ2v) is 5.90. The molecule has 2 fully saturated rings. The average Bonchev–Trinajstić information content (AvgIpc) is 3.28. The van der Waals surface area contributed by atoms with E-state index in [-0.39, 0.29) is 19.1 Å². The van der Waals surface area contributed by atoms with E-state index >= 15 is 0 Å². The standard InChI is InChI=1S/C16H19NO4/c1-11-3-2-4-12(9-11)16(5-6-16)15(20)17-7-8-21-13(10-17)14(18)19/h2-4,9,13H,5-8,10H2,1H3,(H,18,19). The molecule has 1 saturated carbocycles. The van der Waals surface area contributed by atoms with Crippen LogP contribution in [0.4, 0.5) is 0 Å². The summed E-state index contributed by atoms with van der Waals surface area (Å²) in [6.07, 6.45) is 0.769. The Morgan fingerprint density at radius 3 is 2.76 bits per heavy atom. The van der Waals surface area contributed by atoms with Crippen molar-refractivity contribution in [2.75, 3.05) is 19.7 Å². The fourth-order valence-electron chi connectivity index (χ4n) is 2.98. The molecule has 1 aliphatic carbocycles. The number of carbonyl (C=O) groups is 2. The summed E-state index contributed by atoms with van der Waals surface area (Å²) in [5.41, 5.74) is 1.75. The predicted octanol–water partition coefficient (Wildman–Crippen LogP) is 1.34. The lowest BCUT2D eigenvalue weighted by atomic mass is 9.92. The molecule has 0 radical (unpaired) electrons. The number of nitrogens with zero attached hydrogens (tertiary/aromatic N) is 1. The maximum absolute atomic E-state index is 12.8. The van der Waals surface area contributed by atoms with Crippen LogP contribution in [0.5, 0.6) is 0 Å². The van der Waals surface area contributed by atoms with Gasteiger partial charge in [0.05, 0.1) is 18.6 Å². The Bertz CT molecular complexity index is 579. The topological polar surface area (TPSA) is 66.8 Å². The van der Waals surface area contributed by atoms with Crippen LogP contribution in [-0.4, -0.2) is 47.7 Å². The van der Waals surface area contributed by atoms with Gasteiger partial charge in [-0.3, -0.25) is 4.79 Å². The van der Waals surface area contributed by atoms with E-state index in [1.807, 2.05) is 25.1 Å². The number of carbonyl (C=O) groups excluding carboxylic acids is 1. The lowest BCUT2D eigenvalue weighted by Gasteiger charge is -2.33. The monoisotopic (exact) mass is 289 g/mol. The van der Waals surface area contributed by atoms with Gasteiger partial charge in [0.15, 0.2) is 6.10 Å². The van der Waals surface area contributed by atoms with Crippen LogP contribution in [0.3, 0.4) is 0 Å². The quantitative estimate of drug-likeness (QED) is 0.912. The van der Waals surface area contributed by atoms with E-state index in [0.29, 0.717) is 6.54 Å². The van der Waals surface area contributed by atoms with Gasteiger partial charge in [0.2, 0.25) is 5.91 Å². The van der Waals surface area contributed by atoms with Crippen LogP contribution in [0.15, 0.2) is 24.3 Å². The zero-order valence-corrected chi connectivity index (χ0v) is 12.0. The van der Waals surface area contributed by atoms with Gasteiger partial charge in [0.1, 0.15) is 0 Å². The summed E-state index contributed by atoms with van der Waals surface area (Å²) in [7, 11) is 0. The van der Waals surface area contributed by atoms with Crippen molar-refractivity contribution < 1.29 is 19.4 Å². The van der Waals surface area contributed by atoms with Crippen LogP contribution in [0.25, 0.3) is 0 Å². The molecule has 3 rings (SSSR count). The summed E-state index contributed by atoms with van der Waals surface area (Å²) < 4.78 is 5.18. The minimum absolute atomic E-state index is 0.0441. The highest BCUT2D eigenvalue weighted by Crippen LogP contribution is 2.49. The number of rotatable bonds is 3. The van der Waals surface area contributed by atoms with Gasteiger partial charge in [-0.15, -0.1) is 0 Å². The molecule has 0 spiro atoms.